The van der Waals surface area contributed by atoms with Crippen LogP contribution in [-0.2, 0) is 29.0 Å². The van der Waals surface area contributed by atoms with Crippen LogP contribution in [0.5, 0.6) is 0 Å². The summed E-state index contributed by atoms with van der Waals surface area (Å²) in [4.78, 5) is 23.5. The van der Waals surface area contributed by atoms with Gasteiger partial charge >= 0.3 is 11.9 Å². The van der Waals surface area contributed by atoms with Gasteiger partial charge in [0.2, 0.25) is 10.0 Å². The van der Waals surface area contributed by atoms with E-state index in [2.05, 4.69) is 20.7 Å². The SMILES string of the molecule is COC(=O)C(C)OC(=O)c1ccc(Br)c(S(=O)(=O)N2CCOCC2)c1. The maximum absolute atomic E-state index is 12.8. The first-order chi connectivity index (χ1) is 11.8. The Labute approximate surface area is 154 Å². The van der Waals surface area contributed by atoms with E-state index in [0.717, 1.165) is 0 Å². The fourth-order valence-electron chi connectivity index (χ4n) is 2.20. The molecular formula is C15H18BrNO7S. The third kappa shape index (κ3) is 4.57. The maximum atomic E-state index is 12.8. The minimum atomic E-state index is -3.79. The van der Waals surface area contributed by atoms with Crippen LogP contribution in [0.1, 0.15) is 17.3 Å². The van der Waals surface area contributed by atoms with E-state index >= 15 is 0 Å². The second kappa shape index (κ2) is 8.26. The number of ether oxygens (including phenoxy) is 3. The molecule has 0 amide bonds. The quantitative estimate of drug-likeness (QED) is 0.640. The van der Waals surface area contributed by atoms with E-state index < -0.39 is 28.1 Å². The molecule has 0 aliphatic carbocycles. The Morgan fingerprint density at radius 2 is 1.92 bits per heavy atom. The average molecular weight is 436 g/mol. The second-order valence-electron chi connectivity index (χ2n) is 5.23. The largest absolute Gasteiger partial charge is 0.466 e. The topological polar surface area (TPSA) is 99.2 Å². The number of nitrogens with zero attached hydrogens (tertiary/aromatic N) is 1. The third-order valence-electron chi connectivity index (χ3n) is 3.57. The van der Waals surface area contributed by atoms with Crippen LogP contribution in [0.25, 0.3) is 0 Å². The summed E-state index contributed by atoms with van der Waals surface area (Å²) in [7, 11) is -2.61. The van der Waals surface area contributed by atoms with Gasteiger partial charge in [-0.2, -0.15) is 4.31 Å². The normalized spacial score (nSPS) is 16.9. The lowest BCUT2D eigenvalue weighted by Gasteiger charge is -2.26. The molecule has 1 saturated heterocycles. The highest BCUT2D eigenvalue weighted by Crippen LogP contribution is 2.27. The highest BCUT2D eigenvalue weighted by Gasteiger charge is 2.29. The summed E-state index contributed by atoms with van der Waals surface area (Å²) >= 11 is 3.20. The fourth-order valence-corrected chi connectivity index (χ4v) is 4.56. The first kappa shape index (κ1) is 19.8. The molecule has 1 aliphatic heterocycles. The number of benzene rings is 1. The van der Waals surface area contributed by atoms with Crippen LogP contribution in [0.4, 0.5) is 0 Å². The molecule has 0 saturated carbocycles. The first-order valence-corrected chi connectivity index (χ1v) is 9.67. The number of carbonyl (C=O) groups excluding carboxylic acids is 2. The van der Waals surface area contributed by atoms with Crippen molar-refractivity contribution >= 4 is 37.9 Å². The fraction of sp³-hybridized carbons (Fsp3) is 0.467. The summed E-state index contributed by atoms with van der Waals surface area (Å²) in [6, 6.07) is 4.09. The Hall–Kier alpha value is -1.49. The highest BCUT2D eigenvalue weighted by atomic mass is 79.9. The third-order valence-corrected chi connectivity index (χ3v) is 6.46. The first-order valence-electron chi connectivity index (χ1n) is 7.43. The van der Waals surface area contributed by atoms with Crippen LogP contribution >= 0.6 is 15.9 Å². The van der Waals surface area contributed by atoms with Crippen LogP contribution < -0.4 is 0 Å². The summed E-state index contributed by atoms with van der Waals surface area (Å²) in [5, 5.41) is 0. The zero-order valence-corrected chi connectivity index (χ0v) is 16.1. The standard InChI is InChI=1S/C15H18BrNO7S/c1-10(14(18)22-2)24-15(19)11-3-4-12(16)13(9-11)25(20,21)17-5-7-23-8-6-17/h3-4,9-10H,5-8H2,1-2H3. The lowest BCUT2D eigenvalue weighted by molar-refractivity contribution is -0.149. The van der Waals surface area contributed by atoms with Crippen molar-refractivity contribution in [3.63, 3.8) is 0 Å². The monoisotopic (exact) mass is 435 g/mol. The Kier molecular flexibility index (Phi) is 6.55. The van der Waals surface area contributed by atoms with E-state index in [9.17, 15) is 18.0 Å². The second-order valence-corrected chi connectivity index (χ2v) is 7.99. The lowest BCUT2D eigenvalue weighted by Crippen LogP contribution is -2.40. The zero-order valence-electron chi connectivity index (χ0n) is 13.7. The van der Waals surface area contributed by atoms with E-state index in [-0.39, 0.29) is 23.5 Å². The van der Waals surface area contributed by atoms with Gasteiger partial charge in [0.15, 0.2) is 6.10 Å². The van der Waals surface area contributed by atoms with Gasteiger partial charge in [0.25, 0.3) is 0 Å². The number of sulfonamides is 1. The van der Waals surface area contributed by atoms with Crippen LogP contribution in [0, 0.1) is 0 Å². The average Bonchev–Trinajstić information content (AvgIpc) is 2.61. The Balaban J connectivity index is 2.28. The van der Waals surface area contributed by atoms with Crippen molar-refractivity contribution in [1.29, 1.82) is 0 Å². The van der Waals surface area contributed by atoms with E-state index in [4.69, 9.17) is 9.47 Å². The summed E-state index contributed by atoms with van der Waals surface area (Å²) in [5.41, 5.74) is 0.0192. The molecule has 25 heavy (non-hydrogen) atoms. The number of esters is 2. The summed E-state index contributed by atoms with van der Waals surface area (Å²) in [6.45, 7) is 2.48. The number of rotatable bonds is 5. The number of halogens is 1. The minimum absolute atomic E-state index is 0.0192. The van der Waals surface area contributed by atoms with Crippen molar-refractivity contribution in [2.24, 2.45) is 0 Å². The molecule has 0 spiro atoms. The van der Waals surface area contributed by atoms with Gasteiger partial charge in [0.05, 0.1) is 30.8 Å². The molecule has 0 radical (unpaired) electrons. The van der Waals surface area contributed by atoms with Crippen molar-refractivity contribution in [2.45, 2.75) is 17.9 Å². The molecular weight excluding hydrogens is 418 g/mol. The molecule has 138 valence electrons. The van der Waals surface area contributed by atoms with Crippen LogP contribution in [0.15, 0.2) is 27.6 Å². The van der Waals surface area contributed by atoms with E-state index in [1.807, 2.05) is 0 Å². The van der Waals surface area contributed by atoms with Gasteiger partial charge in [-0.25, -0.2) is 18.0 Å². The Morgan fingerprint density at radius 1 is 1.28 bits per heavy atom. The predicted molar refractivity (Wildman–Crippen MR) is 90.6 cm³/mol. The predicted octanol–water partition coefficient (Wildman–Crippen LogP) is 1.19. The van der Waals surface area contributed by atoms with E-state index in [0.29, 0.717) is 17.7 Å². The molecule has 10 heteroatoms. The molecule has 2 rings (SSSR count). The van der Waals surface area contributed by atoms with Gasteiger partial charge in [-0.3, -0.25) is 0 Å². The van der Waals surface area contributed by atoms with Crippen molar-refractivity contribution in [3.8, 4) is 0 Å². The van der Waals surface area contributed by atoms with E-state index in [1.165, 1.54) is 36.5 Å². The van der Waals surface area contributed by atoms with Crippen LogP contribution in [0.3, 0.4) is 0 Å². The molecule has 1 aromatic rings. The van der Waals surface area contributed by atoms with Crippen molar-refractivity contribution in [2.75, 3.05) is 33.4 Å². The summed E-state index contributed by atoms with van der Waals surface area (Å²) < 4.78 is 41.8. The van der Waals surface area contributed by atoms with Gasteiger partial charge in [-0.05, 0) is 41.1 Å². The number of carbonyl (C=O) groups is 2. The van der Waals surface area contributed by atoms with Crippen LogP contribution in [0.2, 0.25) is 0 Å². The Bertz CT molecular complexity index is 759. The lowest BCUT2D eigenvalue weighted by atomic mass is 10.2. The molecule has 0 N–H and O–H groups in total. The van der Waals surface area contributed by atoms with Crippen molar-refractivity contribution in [1.82, 2.24) is 4.31 Å². The molecule has 1 aliphatic rings. The molecule has 8 nitrogen and oxygen atoms in total. The van der Waals surface area contributed by atoms with Crippen molar-refractivity contribution < 1.29 is 32.2 Å². The molecule has 1 atom stereocenters. The number of hydrogen-bond acceptors (Lipinski definition) is 7. The smallest absolute Gasteiger partial charge is 0.346 e. The molecule has 0 bridgehead atoms. The molecule has 0 aromatic heterocycles. The van der Waals surface area contributed by atoms with Gasteiger partial charge in [-0.1, -0.05) is 0 Å². The van der Waals surface area contributed by atoms with E-state index in [1.54, 1.807) is 0 Å². The van der Waals surface area contributed by atoms with Gasteiger partial charge in [0, 0.05) is 17.6 Å². The number of methoxy groups -OCH3 is 1. The van der Waals surface area contributed by atoms with Crippen molar-refractivity contribution in [3.05, 3.63) is 28.2 Å². The number of hydrogen-bond donors (Lipinski definition) is 0. The summed E-state index contributed by atoms with van der Waals surface area (Å²) in [5.74, 6) is -1.52. The molecule has 1 unspecified atom stereocenters. The number of morpholine rings is 1. The van der Waals surface area contributed by atoms with Gasteiger partial charge < -0.3 is 14.2 Å². The van der Waals surface area contributed by atoms with Gasteiger partial charge in [-0.15, -0.1) is 0 Å². The Morgan fingerprint density at radius 3 is 2.52 bits per heavy atom. The maximum Gasteiger partial charge on any atom is 0.346 e. The minimum Gasteiger partial charge on any atom is -0.466 e. The van der Waals surface area contributed by atoms with Crippen LogP contribution in [-0.4, -0.2) is 64.2 Å². The molecule has 1 aromatic carbocycles. The molecule has 1 fully saturated rings. The highest BCUT2D eigenvalue weighted by molar-refractivity contribution is 9.10. The molecule has 1 heterocycles. The summed E-state index contributed by atoms with van der Waals surface area (Å²) in [6.07, 6.45) is -1.10. The van der Waals surface area contributed by atoms with Gasteiger partial charge in [0.1, 0.15) is 0 Å². The zero-order chi connectivity index (χ0) is 18.6.